The molecular formula is C14H18N4O4S. The number of rotatable bonds is 3. The Kier molecular flexibility index (Phi) is 3.77. The van der Waals surface area contributed by atoms with Crippen molar-refractivity contribution in [2.45, 2.75) is 23.8 Å². The molecule has 9 heteroatoms. The molecule has 3 rings (SSSR count). The van der Waals surface area contributed by atoms with Gasteiger partial charge in [-0.3, -0.25) is 13.9 Å². The van der Waals surface area contributed by atoms with Crippen LogP contribution >= 0.6 is 0 Å². The lowest BCUT2D eigenvalue weighted by Crippen LogP contribution is -2.50. The van der Waals surface area contributed by atoms with Crippen molar-refractivity contribution in [1.82, 2.24) is 19.2 Å². The first-order chi connectivity index (χ1) is 10.8. The van der Waals surface area contributed by atoms with Crippen LogP contribution in [0.25, 0.3) is 11.0 Å². The zero-order valence-corrected chi connectivity index (χ0v) is 13.7. The van der Waals surface area contributed by atoms with Gasteiger partial charge in [-0.15, -0.1) is 0 Å². The predicted octanol–water partition coefficient (Wildman–Crippen LogP) is -0.566. The molecule has 1 unspecified atom stereocenters. The lowest BCUT2D eigenvalue weighted by atomic mass is 10.1. The highest BCUT2D eigenvalue weighted by Gasteiger charge is 2.28. The van der Waals surface area contributed by atoms with Crippen LogP contribution in [0, 0.1) is 0 Å². The second kappa shape index (κ2) is 5.50. The Morgan fingerprint density at radius 3 is 2.57 bits per heavy atom. The van der Waals surface area contributed by atoms with E-state index in [1.807, 2.05) is 0 Å². The summed E-state index contributed by atoms with van der Waals surface area (Å²) in [5.74, 6) is -0.312. The van der Waals surface area contributed by atoms with Gasteiger partial charge in [0, 0.05) is 20.6 Å². The Morgan fingerprint density at radius 1 is 1.17 bits per heavy atom. The number of carbonyl (C=O) groups excluding carboxylic acids is 1. The quantitative estimate of drug-likeness (QED) is 0.783. The van der Waals surface area contributed by atoms with Gasteiger partial charge in [-0.2, -0.15) is 4.72 Å². The van der Waals surface area contributed by atoms with E-state index >= 15 is 0 Å². The first-order valence-electron chi connectivity index (χ1n) is 7.27. The summed E-state index contributed by atoms with van der Waals surface area (Å²) in [5, 5.41) is 2.64. The number of nitrogens with one attached hydrogen (secondary N) is 2. The monoisotopic (exact) mass is 338 g/mol. The van der Waals surface area contributed by atoms with E-state index in [1.54, 1.807) is 20.2 Å². The van der Waals surface area contributed by atoms with Crippen LogP contribution in [0.15, 0.2) is 27.9 Å². The summed E-state index contributed by atoms with van der Waals surface area (Å²) in [6, 6.07) is 3.71. The van der Waals surface area contributed by atoms with Gasteiger partial charge in [-0.25, -0.2) is 13.2 Å². The van der Waals surface area contributed by atoms with Crippen molar-refractivity contribution in [2.75, 3.05) is 6.54 Å². The third kappa shape index (κ3) is 2.66. The topological polar surface area (TPSA) is 102 Å². The van der Waals surface area contributed by atoms with Gasteiger partial charge in [-0.1, -0.05) is 0 Å². The minimum absolute atomic E-state index is 0.0320. The van der Waals surface area contributed by atoms with Crippen molar-refractivity contribution >= 4 is 27.0 Å². The standard InChI is InChI=1S/C14H18N4O4S/c1-17-11-6-5-9(8-12(11)18(2)14(17)20)23(21,22)16-10-4-3-7-15-13(10)19/h5-6,8,10,16H,3-4,7H2,1-2H3,(H,15,19). The number of benzene rings is 1. The number of hydrogen-bond acceptors (Lipinski definition) is 4. The molecule has 0 spiro atoms. The molecule has 0 saturated carbocycles. The lowest BCUT2D eigenvalue weighted by Gasteiger charge is -2.22. The van der Waals surface area contributed by atoms with E-state index in [0.717, 1.165) is 6.42 Å². The average Bonchev–Trinajstić information content (AvgIpc) is 2.74. The van der Waals surface area contributed by atoms with Gasteiger partial charge < -0.3 is 5.32 Å². The number of aryl methyl sites for hydroxylation is 2. The molecule has 0 bridgehead atoms. The van der Waals surface area contributed by atoms with Gasteiger partial charge in [-0.05, 0) is 31.0 Å². The fourth-order valence-electron chi connectivity index (χ4n) is 2.79. The SMILES string of the molecule is Cn1c(=O)n(C)c2cc(S(=O)(=O)NC3CCCNC3=O)ccc21. The second-order valence-electron chi connectivity index (χ2n) is 5.66. The largest absolute Gasteiger partial charge is 0.355 e. The molecule has 1 saturated heterocycles. The van der Waals surface area contributed by atoms with Crippen LogP contribution in [0.2, 0.25) is 0 Å². The minimum atomic E-state index is -3.84. The fourth-order valence-corrected chi connectivity index (χ4v) is 4.04. The highest BCUT2D eigenvalue weighted by molar-refractivity contribution is 7.89. The highest BCUT2D eigenvalue weighted by Crippen LogP contribution is 2.18. The van der Waals surface area contributed by atoms with E-state index in [0.29, 0.717) is 24.0 Å². The van der Waals surface area contributed by atoms with E-state index in [-0.39, 0.29) is 16.5 Å². The Labute approximate surface area is 133 Å². The molecule has 1 atom stereocenters. The maximum Gasteiger partial charge on any atom is 0.328 e. The number of imidazole rings is 1. The molecule has 1 amide bonds. The number of fused-ring (bicyclic) bond motifs is 1. The van der Waals surface area contributed by atoms with Crippen LogP contribution in [-0.4, -0.2) is 36.0 Å². The summed E-state index contributed by atoms with van der Waals surface area (Å²) >= 11 is 0. The van der Waals surface area contributed by atoms with Crippen LogP contribution in [-0.2, 0) is 28.9 Å². The van der Waals surface area contributed by atoms with Gasteiger partial charge in [0.25, 0.3) is 0 Å². The van der Waals surface area contributed by atoms with Crippen molar-refractivity contribution in [2.24, 2.45) is 14.1 Å². The molecule has 1 aliphatic heterocycles. The van der Waals surface area contributed by atoms with E-state index in [9.17, 15) is 18.0 Å². The molecule has 2 heterocycles. The van der Waals surface area contributed by atoms with Crippen molar-refractivity contribution in [3.63, 3.8) is 0 Å². The maximum atomic E-state index is 12.5. The minimum Gasteiger partial charge on any atom is -0.355 e. The lowest BCUT2D eigenvalue weighted by molar-refractivity contribution is -0.124. The van der Waals surface area contributed by atoms with E-state index in [2.05, 4.69) is 10.0 Å². The van der Waals surface area contributed by atoms with Gasteiger partial charge in [0.2, 0.25) is 15.9 Å². The average molecular weight is 338 g/mol. The first kappa shape index (κ1) is 15.8. The Morgan fingerprint density at radius 2 is 1.87 bits per heavy atom. The third-order valence-electron chi connectivity index (χ3n) is 4.14. The van der Waals surface area contributed by atoms with Crippen molar-refractivity contribution in [3.05, 3.63) is 28.7 Å². The third-order valence-corrected chi connectivity index (χ3v) is 5.61. The molecule has 23 heavy (non-hydrogen) atoms. The predicted molar refractivity (Wildman–Crippen MR) is 84.5 cm³/mol. The van der Waals surface area contributed by atoms with Gasteiger partial charge >= 0.3 is 5.69 Å². The van der Waals surface area contributed by atoms with E-state index < -0.39 is 16.1 Å². The highest BCUT2D eigenvalue weighted by atomic mass is 32.2. The Balaban J connectivity index is 2.00. The number of carbonyl (C=O) groups is 1. The molecule has 1 fully saturated rings. The number of sulfonamides is 1. The molecule has 1 aromatic heterocycles. The van der Waals surface area contributed by atoms with Crippen molar-refractivity contribution < 1.29 is 13.2 Å². The number of aromatic nitrogens is 2. The number of hydrogen-bond donors (Lipinski definition) is 2. The molecular weight excluding hydrogens is 320 g/mol. The fraction of sp³-hybridized carbons (Fsp3) is 0.429. The van der Waals surface area contributed by atoms with E-state index in [4.69, 9.17) is 0 Å². The van der Waals surface area contributed by atoms with Crippen LogP contribution in [0.5, 0.6) is 0 Å². The summed E-state index contributed by atoms with van der Waals surface area (Å²) in [5.41, 5.74) is 0.939. The second-order valence-corrected chi connectivity index (χ2v) is 7.37. The summed E-state index contributed by atoms with van der Waals surface area (Å²) in [4.78, 5) is 23.7. The van der Waals surface area contributed by atoms with Crippen molar-refractivity contribution in [1.29, 1.82) is 0 Å². The van der Waals surface area contributed by atoms with Gasteiger partial charge in [0.1, 0.15) is 6.04 Å². The maximum absolute atomic E-state index is 12.5. The molecule has 8 nitrogen and oxygen atoms in total. The van der Waals surface area contributed by atoms with Crippen LogP contribution < -0.4 is 15.7 Å². The molecule has 0 radical (unpaired) electrons. The Hall–Kier alpha value is -2.13. The van der Waals surface area contributed by atoms with Gasteiger partial charge in [0.15, 0.2) is 0 Å². The number of piperidine rings is 1. The summed E-state index contributed by atoms with van der Waals surface area (Å²) in [7, 11) is -0.625. The van der Waals surface area contributed by atoms with Crippen LogP contribution in [0.4, 0.5) is 0 Å². The zero-order chi connectivity index (χ0) is 16.8. The molecule has 2 aromatic rings. The smallest absolute Gasteiger partial charge is 0.328 e. The number of amides is 1. The normalized spacial score (nSPS) is 19.0. The molecule has 2 N–H and O–H groups in total. The van der Waals surface area contributed by atoms with Gasteiger partial charge in [0.05, 0.1) is 15.9 Å². The van der Waals surface area contributed by atoms with Crippen LogP contribution in [0.3, 0.4) is 0 Å². The van der Waals surface area contributed by atoms with Crippen LogP contribution in [0.1, 0.15) is 12.8 Å². The molecule has 1 aliphatic rings. The molecule has 124 valence electrons. The van der Waals surface area contributed by atoms with E-state index in [1.165, 1.54) is 21.3 Å². The molecule has 0 aliphatic carbocycles. The summed E-state index contributed by atoms with van der Waals surface area (Å²) < 4.78 is 30.3. The summed E-state index contributed by atoms with van der Waals surface area (Å²) in [6.07, 6.45) is 1.20. The zero-order valence-electron chi connectivity index (χ0n) is 12.9. The number of nitrogens with zero attached hydrogens (tertiary/aromatic N) is 2. The Bertz CT molecular complexity index is 942. The molecule has 1 aromatic carbocycles. The van der Waals surface area contributed by atoms with Crippen molar-refractivity contribution in [3.8, 4) is 0 Å². The summed E-state index contributed by atoms with van der Waals surface area (Å²) in [6.45, 7) is 0.565. The first-order valence-corrected chi connectivity index (χ1v) is 8.75.